The molecular weight excluding hydrogens is 272 g/mol. The minimum atomic E-state index is -3.15. The van der Waals surface area contributed by atoms with Gasteiger partial charge in [0.05, 0.1) is 5.75 Å². The maximum absolute atomic E-state index is 12.7. The zero-order valence-corrected chi connectivity index (χ0v) is 12.5. The molecule has 1 N–H and O–H groups in total. The van der Waals surface area contributed by atoms with Gasteiger partial charge < -0.3 is 5.32 Å². The van der Waals surface area contributed by atoms with Crippen LogP contribution in [0.1, 0.15) is 24.8 Å². The van der Waals surface area contributed by atoms with Gasteiger partial charge >= 0.3 is 0 Å². The molecule has 0 amide bonds. The lowest BCUT2D eigenvalue weighted by molar-refractivity contribution is 0.334. The molecule has 2 saturated heterocycles. The van der Waals surface area contributed by atoms with E-state index >= 15 is 0 Å². The molecule has 2 aliphatic rings. The zero-order valence-electron chi connectivity index (χ0n) is 11.7. The van der Waals surface area contributed by atoms with Gasteiger partial charge in [-0.1, -0.05) is 30.3 Å². The van der Waals surface area contributed by atoms with Crippen molar-refractivity contribution in [3.8, 4) is 0 Å². The first kappa shape index (κ1) is 14.0. The summed E-state index contributed by atoms with van der Waals surface area (Å²) in [6.07, 6.45) is 3.58. The minimum absolute atomic E-state index is 0.170. The van der Waals surface area contributed by atoms with E-state index in [0.717, 1.165) is 37.9 Å². The summed E-state index contributed by atoms with van der Waals surface area (Å²) < 4.78 is 27.2. The normalized spacial score (nSPS) is 27.4. The molecule has 0 radical (unpaired) electrons. The minimum Gasteiger partial charge on any atom is -0.315 e. The van der Waals surface area contributed by atoms with Crippen LogP contribution in [0.5, 0.6) is 0 Å². The molecule has 5 heteroatoms. The molecule has 2 aliphatic heterocycles. The molecule has 2 heterocycles. The van der Waals surface area contributed by atoms with Crippen molar-refractivity contribution < 1.29 is 8.42 Å². The lowest BCUT2D eigenvalue weighted by Gasteiger charge is -2.26. The van der Waals surface area contributed by atoms with Crippen LogP contribution in [0.15, 0.2) is 30.3 Å². The fourth-order valence-corrected chi connectivity index (χ4v) is 5.39. The van der Waals surface area contributed by atoms with E-state index in [9.17, 15) is 8.42 Å². The summed E-state index contributed by atoms with van der Waals surface area (Å²) in [6.45, 7) is 1.74. The van der Waals surface area contributed by atoms with Crippen LogP contribution in [0.25, 0.3) is 0 Å². The van der Waals surface area contributed by atoms with Gasteiger partial charge in [0.25, 0.3) is 0 Å². The molecule has 2 unspecified atom stereocenters. The number of rotatable bonds is 4. The Morgan fingerprint density at radius 1 is 1.10 bits per heavy atom. The standard InChI is InChI=1S/C15H22N2O2S/c18-20(19,11-9-13-4-2-1-3-5-13)17-14-6-7-15(17)12-16-10-8-14/h1-5,14-16H,6-12H2. The number of fused-ring (bicyclic) bond motifs is 2. The van der Waals surface area contributed by atoms with Crippen LogP contribution in [-0.2, 0) is 16.4 Å². The van der Waals surface area contributed by atoms with E-state index in [1.54, 1.807) is 0 Å². The number of hydrogen-bond acceptors (Lipinski definition) is 3. The first-order valence-electron chi connectivity index (χ1n) is 7.43. The number of aryl methyl sites for hydroxylation is 1. The van der Waals surface area contributed by atoms with E-state index in [1.807, 2.05) is 34.6 Å². The van der Waals surface area contributed by atoms with Gasteiger partial charge in [-0.25, -0.2) is 8.42 Å². The van der Waals surface area contributed by atoms with Crippen molar-refractivity contribution in [3.05, 3.63) is 35.9 Å². The predicted molar refractivity (Wildman–Crippen MR) is 80.1 cm³/mol. The number of sulfonamides is 1. The number of hydrogen-bond donors (Lipinski definition) is 1. The van der Waals surface area contributed by atoms with Crippen LogP contribution in [0.4, 0.5) is 0 Å². The van der Waals surface area contributed by atoms with Crippen molar-refractivity contribution in [1.82, 2.24) is 9.62 Å². The van der Waals surface area contributed by atoms with Crippen molar-refractivity contribution in [2.24, 2.45) is 0 Å². The van der Waals surface area contributed by atoms with Gasteiger partial charge in [0.15, 0.2) is 0 Å². The van der Waals surface area contributed by atoms with Crippen molar-refractivity contribution in [3.63, 3.8) is 0 Å². The summed E-state index contributed by atoms with van der Waals surface area (Å²) >= 11 is 0. The SMILES string of the molecule is O=S(=O)(CCc1ccccc1)N1C2CCNCC1CC2. The Balaban J connectivity index is 1.71. The second-order valence-corrected chi connectivity index (χ2v) is 7.75. The second-order valence-electron chi connectivity index (χ2n) is 5.76. The highest BCUT2D eigenvalue weighted by atomic mass is 32.2. The van der Waals surface area contributed by atoms with E-state index in [1.165, 1.54) is 0 Å². The molecule has 2 bridgehead atoms. The van der Waals surface area contributed by atoms with Crippen LogP contribution in [0.2, 0.25) is 0 Å². The Bertz CT molecular complexity index is 530. The molecule has 2 atom stereocenters. The zero-order chi connectivity index (χ0) is 14.0. The third-order valence-corrected chi connectivity index (χ3v) is 6.36. The molecule has 2 fully saturated rings. The molecule has 1 aromatic carbocycles. The van der Waals surface area contributed by atoms with Gasteiger partial charge in [-0.3, -0.25) is 0 Å². The Kier molecular flexibility index (Phi) is 4.10. The fraction of sp³-hybridized carbons (Fsp3) is 0.600. The lowest BCUT2D eigenvalue weighted by Crippen LogP contribution is -2.43. The average Bonchev–Trinajstić information content (AvgIpc) is 2.72. The predicted octanol–water partition coefficient (Wildman–Crippen LogP) is 1.39. The van der Waals surface area contributed by atoms with E-state index in [0.29, 0.717) is 6.42 Å². The van der Waals surface area contributed by atoms with Crippen LogP contribution in [-0.4, -0.2) is 43.6 Å². The Labute approximate surface area is 121 Å². The topological polar surface area (TPSA) is 49.4 Å². The smallest absolute Gasteiger partial charge is 0.214 e. The Morgan fingerprint density at radius 3 is 2.65 bits per heavy atom. The summed E-state index contributed by atoms with van der Waals surface area (Å²) in [5, 5.41) is 3.35. The van der Waals surface area contributed by atoms with E-state index in [-0.39, 0.29) is 17.8 Å². The van der Waals surface area contributed by atoms with E-state index in [4.69, 9.17) is 0 Å². The molecule has 4 nitrogen and oxygen atoms in total. The number of nitrogens with zero attached hydrogens (tertiary/aromatic N) is 1. The van der Waals surface area contributed by atoms with Gasteiger partial charge in [-0.05, 0) is 37.8 Å². The molecule has 3 rings (SSSR count). The van der Waals surface area contributed by atoms with Crippen molar-refractivity contribution in [2.75, 3.05) is 18.8 Å². The van der Waals surface area contributed by atoms with Crippen molar-refractivity contribution in [1.29, 1.82) is 0 Å². The summed E-state index contributed by atoms with van der Waals surface area (Å²) in [5.74, 6) is 0.226. The van der Waals surface area contributed by atoms with Gasteiger partial charge in [-0.15, -0.1) is 0 Å². The first-order chi connectivity index (χ1) is 9.67. The largest absolute Gasteiger partial charge is 0.315 e. The molecule has 110 valence electrons. The van der Waals surface area contributed by atoms with Crippen molar-refractivity contribution >= 4 is 10.0 Å². The molecule has 0 spiro atoms. The maximum atomic E-state index is 12.7. The maximum Gasteiger partial charge on any atom is 0.214 e. The Hall–Kier alpha value is -0.910. The monoisotopic (exact) mass is 294 g/mol. The Morgan fingerprint density at radius 2 is 1.85 bits per heavy atom. The van der Waals surface area contributed by atoms with Crippen LogP contribution in [0.3, 0.4) is 0 Å². The summed E-state index contributed by atoms with van der Waals surface area (Å²) in [5.41, 5.74) is 1.09. The third-order valence-electron chi connectivity index (χ3n) is 4.40. The van der Waals surface area contributed by atoms with Gasteiger partial charge in [0.1, 0.15) is 0 Å². The molecule has 0 saturated carbocycles. The first-order valence-corrected chi connectivity index (χ1v) is 9.03. The van der Waals surface area contributed by atoms with Crippen molar-refractivity contribution in [2.45, 2.75) is 37.8 Å². The van der Waals surface area contributed by atoms with Crippen LogP contribution in [0, 0.1) is 0 Å². The quantitative estimate of drug-likeness (QED) is 0.913. The second kappa shape index (κ2) is 5.84. The summed E-state index contributed by atoms with van der Waals surface area (Å²) in [4.78, 5) is 0. The molecule has 0 aliphatic carbocycles. The molecule has 20 heavy (non-hydrogen) atoms. The third kappa shape index (κ3) is 2.90. The highest BCUT2D eigenvalue weighted by Crippen LogP contribution is 2.31. The number of benzene rings is 1. The van der Waals surface area contributed by atoms with Crippen LogP contribution >= 0.6 is 0 Å². The highest BCUT2D eigenvalue weighted by molar-refractivity contribution is 7.89. The fourth-order valence-electron chi connectivity index (χ4n) is 3.39. The molecule has 0 aromatic heterocycles. The highest BCUT2D eigenvalue weighted by Gasteiger charge is 2.41. The van der Waals surface area contributed by atoms with Gasteiger partial charge in [-0.2, -0.15) is 4.31 Å². The van der Waals surface area contributed by atoms with E-state index < -0.39 is 10.0 Å². The summed E-state index contributed by atoms with van der Waals surface area (Å²) in [7, 11) is -3.15. The number of nitrogens with one attached hydrogen (secondary N) is 1. The van der Waals surface area contributed by atoms with Crippen LogP contribution < -0.4 is 5.32 Å². The molecule has 1 aromatic rings. The lowest BCUT2D eigenvalue weighted by atomic mass is 10.1. The molecular formula is C15H22N2O2S. The summed E-state index contributed by atoms with van der Waals surface area (Å²) in [6, 6.07) is 10.3. The van der Waals surface area contributed by atoms with Gasteiger partial charge in [0.2, 0.25) is 10.0 Å². The average molecular weight is 294 g/mol. The van der Waals surface area contributed by atoms with Gasteiger partial charge in [0, 0.05) is 18.6 Å². The van der Waals surface area contributed by atoms with E-state index in [2.05, 4.69) is 5.32 Å².